The standard InChI is InChI=1S/C15H23N3O5S/c1-22-13-4-3-12(11-14(13)24(16,20)21)15(19)17-5-2-6-18-7-9-23-10-8-18/h3-4,11H,2,5-10H2,1H3,(H,17,19)(H2,16,20,21). The van der Waals surface area contributed by atoms with Gasteiger partial charge >= 0.3 is 0 Å². The molecule has 1 amide bonds. The number of rotatable bonds is 7. The van der Waals surface area contributed by atoms with Gasteiger partial charge < -0.3 is 14.8 Å². The smallest absolute Gasteiger partial charge is 0.251 e. The zero-order valence-electron chi connectivity index (χ0n) is 13.7. The first-order chi connectivity index (χ1) is 11.4. The van der Waals surface area contributed by atoms with E-state index in [1.807, 2.05) is 0 Å². The van der Waals surface area contributed by atoms with Gasteiger partial charge in [-0.2, -0.15) is 0 Å². The van der Waals surface area contributed by atoms with Crippen LogP contribution in [0.3, 0.4) is 0 Å². The molecule has 2 rings (SSSR count). The first kappa shape index (κ1) is 18.7. The number of hydrogen-bond donors (Lipinski definition) is 2. The molecule has 0 aliphatic carbocycles. The van der Waals surface area contributed by atoms with Crippen LogP contribution < -0.4 is 15.2 Å². The minimum atomic E-state index is -3.96. The van der Waals surface area contributed by atoms with Crippen LogP contribution in [0.5, 0.6) is 5.75 Å². The van der Waals surface area contributed by atoms with Crippen LogP contribution in [0.4, 0.5) is 0 Å². The van der Waals surface area contributed by atoms with Gasteiger partial charge in [0.2, 0.25) is 10.0 Å². The zero-order valence-corrected chi connectivity index (χ0v) is 14.5. The molecule has 0 radical (unpaired) electrons. The third-order valence-electron chi connectivity index (χ3n) is 3.77. The van der Waals surface area contributed by atoms with E-state index in [-0.39, 0.29) is 22.1 Å². The number of amides is 1. The van der Waals surface area contributed by atoms with Crippen LogP contribution in [0.1, 0.15) is 16.8 Å². The van der Waals surface area contributed by atoms with E-state index in [0.29, 0.717) is 6.54 Å². The van der Waals surface area contributed by atoms with Crippen molar-refractivity contribution in [2.24, 2.45) is 5.14 Å². The fourth-order valence-corrected chi connectivity index (χ4v) is 3.19. The van der Waals surface area contributed by atoms with Crippen molar-refractivity contribution in [1.29, 1.82) is 0 Å². The van der Waals surface area contributed by atoms with Crippen LogP contribution in [0.25, 0.3) is 0 Å². The highest BCUT2D eigenvalue weighted by atomic mass is 32.2. The summed E-state index contributed by atoms with van der Waals surface area (Å²) < 4.78 is 33.4. The van der Waals surface area contributed by atoms with Crippen LogP contribution in [0.2, 0.25) is 0 Å². The molecule has 1 aromatic carbocycles. The Bertz CT molecular complexity index is 672. The maximum absolute atomic E-state index is 12.2. The number of morpholine rings is 1. The molecule has 0 spiro atoms. The van der Waals surface area contributed by atoms with Gasteiger partial charge in [0, 0.05) is 25.2 Å². The summed E-state index contributed by atoms with van der Waals surface area (Å²) >= 11 is 0. The van der Waals surface area contributed by atoms with Crippen molar-refractivity contribution in [3.8, 4) is 5.75 Å². The Morgan fingerprint density at radius 1 is 1.38 bits per heavy atom. The summed E-state index contributed by atoms with van der Waals surface area (Å²) in [6, 6.07) is 4.15. The number of carbonyl (C=O) groups is 1. The maximum atomic E-state index is 12.2. The van der Waals surface area contributed by atoms with Crippen LogP contribution in [0, 0.1) is 0 Å². The fourth-order valence-electron chi connectivity index (χ4n) is 2.47. The molecule has 9 heteroatoms. The van der Waals surface area contributed by atoms with Gasteiger partial charge in [0.05, 0.1) is 20.3 Å². The molecule has 1 heterocycles. The van der Waals surface area contributed by atoms with E-state index in [0.717, 1.165) is 39.3 Å². The van der Waals surface area contributed by atoms with E-state index in [1.165, 1.54) is 25.3 Å². The van der Waals surface area contributed by atoms with Crippen LogP contribution in [-0.2, 0) is 14.8 Å². The quantitative estimate of drug-likeness (QED) is 0.654. The Morgan fingerprint density at radius 3 is 2.71 bits per heavy atom. The van der Waals surface area contributed by atoms with Crippen LogP contribution in [0.15, 0.2) is 23.1 Å². The fraction of sp³-hybridized carbons (Fsp3) is 0.533. The number of ether oxygens (including phenoxy) is 2. The lowest BCUT2D eigenvalue weighted by molar-refractivity contribution is 0.0374. The molecule has 1 aliphatic heterocycles. The Labute approximate surface area is 142 Å². The first-order valence-electron chi connectivity index (χ1n) is 7.71. The number of sulfonamides is 1. The topological polar surface area (TPSA) is 111 Å². The molecule has 0 aromatic heterocycles. The summed E-state index contributed by atoms with van der Waals surface area (Å²) in [4.78, 5) is 14.2. The van der Waals surface area contributed by atoms with Crippen LogP contribution >= 0.6 is 0 Å². The molecule has 0 saturated carbocycles. The second-order valence-corrected chi connectivity index (χ2v) is 7.00. The third kappa shape index (κ3) is 5.17. The largest absolute Gasteiger partial charge is 0.495 e. The van der Waals surface area contributed by atoms with E-state index < -0.39 is 10.0 Å². The third-order valence-corrected chi connectivity index (χ3v) is 4.70. The van der Waals surface area contributed by atoms with Gasteiger partial charge in [-0.1, -0.05) is 0 Å². The first-order valence-corrected chi connectivity index (χ1v) is 9.25. The lowest BCUT2D eigenvalue weighted by Gasteiger charge is -2.26. The molecular formula is C15H23N3O5S. The molecule has 1 aromatic rings. The lowest BCUT2D eigenvalue weighted by Crippen LogP contribution is -2.38. The highest BCUT2D eigenvalue weighted by molar-refractivity contribution is 7.89. The summed E-state index contributed by atoms with van der Waals surface area (Å²) in [5.41, 5.74) is 0.228. The number of nitrogens with two attached hydrogens (primary N) is 1. The summed E-state index contributed by atoms with van der Waals surface area (Å²) in [5.74, 6) is -0.231. The second-order valence-electron chi connectivity index (χ2n) is 5.47. The van der Waals surface area contributed by atoms with E-state index >= 15 is 0 Å². The zero-order chi connectivity index (χ0) is 17.6. The molecule has 1 fully saturated rings. The number of nitrogens with one attached hydrogen (secondary N) is 1. The summed E-state index contributed by atoms with van der Waals surface area (Å²) in [5, 5.41) is 7.93. The van der Waals surface area contributed by atoms with Crippen molar-refractivity contribution >= 4 is 15.9 Å². The van der Waals surface area contributed by atoms with Crippen molar-refractivity contribution in [3.63, 3.8) is 0 Å². The second kappa shape index (κ2) is 8.43. The van der Waals surface area contributed by atoms with Crippen molar-refractivity contribution in [2.75, 3.05) is 46.5 Å². The van der Waals surface area contributed by atoms with Gasteiger partial charge in [0.1, 0.15) is 10.6 Å². The average Bonchev–Trinajstić information content (AvgIpc) is 2.58. The van der Waals surface area contributed by atoms with Crippen LogP contribution in [-0.4, -0.2) is 65.7 Å². The van der Waals surface area contributed by atoms with Crippen molar-refractivity contribution in [2.45, 2.75) is 11.3 Å². The highest BCUT2D eigenvalue weighted by Crippen LogP contribution is 2.23. The molecule has 3 N–H and O–H groups in total. The van der Waals surface area contributed by atoms with Gasteiger partial charge in [-0.05, 0) is 31.2 Å². The minimum absolute atomic E-state index is 0.112. The number of hydrogen-bond acceptors (Lipinski definition) is 6. The molecular weight excluding hydrogens is 334 g/mol. The maximum Gasteiger partial charge on any atom is 0.251 e. The Balaban J connectivity index is 1.90. The summed E-state index contributed by atoms with van der Waals surface area (Å²) in [6.45, 7) is 4.69. The van der Waals surface area contributed by atoms with Gasteiger partial charge in [-0.25, -0.2) is 13.6 Å². The van der Waals surface area contributed by atoms with Gasteiger partial charge in [-0.3, -0.25) is 9.69 Å². The average molecular weight is 357 g/mol. The number of methoxy groups -OCH3 is 1. The Hall–Kier alpha value is -1.68. The molecule has 1 saturated heterocycles. The Morgan fingerprint density at radius 2 is 2.08 bits per heavy atom. The highest BCUT2D eigenvalue weighted by Gasteiger charge is 2.18. The minimum Gasteiger partial charge on any atom is -0.495 e. The summed E-state index contributed by atoms with van der Waals surface area (Å²) in [6.07, 6.45) is 0.809. The van der Waals surface area contributed by atoms with E-state index in [2.05, 4.69) is 10.2 Å². The van der Waals surface area contributed by atoms with E-state index in [4.69, 9.17) is 14.6 Å². The number of carbonyl (C=O) groups excluding carboxylic acids is 1. The predicted octanol–water partition coefficient (Wildman–Crippen LogP) is -0.205. The monoisotopic (exact) mass is 357 g/mol. The molecule has 0 unspecified atom stereocenters. The molecule has 0 bridgehead atoms. The Kier molecular flexibility index (Phi) is 6.55. The predicted molar refractivity (Wildman–Crippen MR) is 88.6 cm³/mol. The number of benzene rings is 1. The number of nitrogens with zero attached hydrogens (tertiary/aromatic N) is 1. The van der Waals surface area contributed by atoms with Crippen molar-refractivity contribution in [1.82, 2.24) is 10.2 Å². The molecule has 134 valence electrons. The van der Waals surface area contributed by atoms with Gasteiger partial charge in [0.25, 0.3) is 5.91 Å². The molecule has 0 atom stereocenters. The van der Waals surface area contributed by atoms with Gasteiger partial charge in [0.15, 0.2) is 0 Å². The molecule has 24 heavy (non-hydrogen) atoms. The SMILES string of the molecule is COc1ccc(C(=O)NCCCN2CCOCC2)cc1S(N)(=O)=O. The van der Waals surface area contributed by atoms with Gasteiger partial charge in [-0.15, -0.1) is 0 Å². The normalized spacial score (nSPS) is 15.9. The molecule has 1 aliphatic rings. The van der Waals surface area contributed by atoms with Crippen molar-refractivity contribution < 1.29 is 22.7 Å². The number of primary sulfonamides is 1. The lowest BCUT2D eigenvalue weighted by atomic mass is 10.2. The van der Waals surface area contributed by atoms with E-state index in [9.17, 15) is 13.2 Å². The van der Waals surface area contributed by atoms with Crippen molar-refractivity contribution in [3.05, 3.63) is 23.8 Å². The van der Waals surface area contributed by atoms with E-state index in [1.54, 1.807) is 0 Å². The molecule has 8 nitrogen and oxygen atoms in total. The summed E-state index contributed by atoms with van der Waals surface area (Å²) in [7, 11) is -2.62.